The molecule has 2 N–H and O–H groups in total. The van der Waals surface area contributed by atoms with Gasteiger partial charge < -0.3 is 25.2 Å². The molecule has 0 bridgehead atoms. The molecular weight excluding hydrogens is 612 g/mol. The van der Waals surface area contributed by atoms with Gasteiger partial charge in [0, 0.05) is 16.3 Å². The van der Waals surface area contributed by atoms with Crippen LogP contribution in [0.1, 0.15) is 19.4 Å². The van der Waals surface area contributed by atoms with Gasteiger partial charge in [-0.2, -0.15) is 0 Å². The number of fused-ring (bicyclic) bond motifs is 2. The first-order chi connectivity index (χ1) is 19.4. The van der Waals surface area contributed by atoms with Crippen LogP contribution < -0.4 is 25.2 Å². The highest BCUT2D eigenvalue weighted by Gasteiger charge is 2.43. The molecule has 3 aromatic carbocycles. The van der Waals surface area contributed by atoms with Crippen LogP contribution in [-0.2, 0) is 30.8 Å². The number of sulfone groups is 1. The second kappa shape index (κ2) is 12.2. The van der Waals surface area contributed by atoms with Gasteiger partial charge in [-0.1, -0.05) is 40.2 Å². The standard InChI is InChI=1S/C29H33BrN4O6S/c1-17(31-3)28(36)32-27-18(2)34(26(35)16-41(5,38)39)24-9-7-6-8-23(24)33(29(27)37)15-22-21-12-11-20(30)14-19(21)10-13-25(22)40-4/h6-14,17-18,27,31H,15-16H2,1-5H3,(H,32,36). The lowest BCUT2D eigenvalue weighted by Gasteiger charge is -2.32. The van der Waals surface area contributed by atoms with Crippen LogP contribution in [0.3, 0.4) is 0 Å². The fourth-order valence-electron chi connectivity index (χ4n) is 5.03. The van der Waals surface area contributed by atoms with Crippen LogP contribution in [0.2, 0.25) is 0 Å². The van der Waals surface area contributed by atoms with Crippen molar-refractivity contribution >= 4 is 65.6 Å². The Hall–Kier alpha value is -3.48. The van der Waals surface area contributed by atoms with E-state index in [4.69, 9.17) is 4.74 Å². The number of nitrogens with one attached hydrogen (secondary N) is 2. The third kappa shape index (κ3) is 6.39. The van der Waals surface area contributed by atoms with Crippen molar-refractivity contribution in [1.82, 2.24) is 10.6 Å². The van der Waals surface area contributed by atoms with Crippen molar-refractivity contribution in [3.05, 3.63) is 64.6 Å². The van der Waals surface area contributed by atoms with Crippen LogP contribution in [-0.4, -0.2) is 70.4 Å². The summed E-state index contributed by atoms with van der Waals surface area (Å²) in [5, 5.41) is 7.46. The highest BCUT2D eigenvalue weighted by molar-refractivity contribution is 9.10. The molecular formula is C29H33BrN4O6S. The van der Waals surface area contributed by atoms with Gasteiger partial charge in [0.1, 0.15) is 17.5 Å². The van der Waals surface area contributed by atoms with Gasteiger partial charge in [-0.05, 0) is 62.0 Å². The maximum absolute atomic E-state index is 14.4. The van der Waals surface area contributed by atoms with Gasteiger partial charge in [-0.15, -0.1) is 0 Å². The third-order valence-corrected chi connectivity index (χ3v) is 8.48. The van der Waals surface area contributed by atoms with Crippen molar-refractivity contribution in [1.29, 1.82) is 0 Å². The number of hydrogen-bond donors (Lipinski definition) is 2. The highest BCUT2D eigenvalue weighted by atomic mass is 79.9. The van der Waals surface area contributed by atoms with E-state index >= 15 is 0 Å². The van der Waals surface area contributed by atoms with Gasteiger partial charge in [0.05, 0.1) is 37.1 Å². The fourth-order valence-corrected chi connectivity index (χ4v) is 5.99. The predicted molar refractivity (Wildman–Crippen MR) is 163 cm³/mol. The second-order valence-electron chi connectivity index (χ2n) is 10.1. The molecule has 1 aliphatic heterocycles. The van der Waals surface area contributed by atoms with E-state index in [1.54, 1.807) is 52.3 Å². The number of anilines is 2. The SMILES string of the molecule is CNC(C)C(=O)NC1C(=O)N(Cc2c(OC)ccc3cc(Br)ccc23)c2ccccc2N(C(=O)CS(C)(=O)=O)C1C. The lowest BCUT2D eigenvalue weighted by Crippen LogP contribution is -2.60. The summed E-state index contributed by atoms with van der Waals surface area (Å²) in [5.41, 5.74) is 1.50. The summed E-state index contributed by atoms with van der Waals surface area (Å²) in [4.78, 5) is 43.8. The number of carbonyl (C=O) groups is 3. The van der Waals surface area contributed by atoms with Crippen molar-refractivity contribution in [3.8, 4) is 5.75 Å². The van der Waals surface area contributed by atoms with Crippen LogP contribution in [0.4, 0.5) is 11.4 Å². The largest absolute Gasteiger partial charge is 0.496 e. The summed E-state index contributed by atoms with van der Waals surface area (Å²) < 4.78 is 30.9. The Bertz CT molecular complexity index is 1610. The molecule has 0 spiro atoms. The van der Waals surface area contributed by atoms with Gasteiger partial charge in [-0.25, -0.2) is 8.42 Å². The molecule has 3 unspecified atom stereocenters. The molecule has 0 saturated heterocycles. The summed E-state index contributed by atoms with van der Waals surface area (Å²) in [7, 11) is -0.512. The number of likely N-dealkylation sites (N-methyl/N-ethyl adjacent to an activating group) is 1. The number of benzene rings is 3. The van der Waals surface area contributed by atoms with E-state index in [-0.39, 0.29) is 6.54 Å². The molecule has 10 nitrogen and oxygen atoms in total. The normalized spacial score (nSPS) is 18.0. The van der Waals surface area contributed by atoms with Crippen LogP contribution in [0.25, 0.3) is 10.8 Å². The maximum atomic E-state index is 14.4. The second-order valence-corrected chi connectivity index (χ2v) is 13.2. The fraction of sp³-hybridized carbons (Fsp3) is 0.345. The summed E-state index contributed by atoms with van der Waals surface area (Å²) in [6, 6.07) is 13.7. The van der Waals surface area contributed by atoms with E-state index < -0.39 is 51.4 Å². The molecule has 4 rings (SSSR count). The molecule has 41 heavy (non-hydrogen) atoms. The summed E-state index contributed by atoms with van der Waals surface area (Å²) in [6.07, 6.45) is 0.982. The summed E-state index contributed by atoms with van der Waals surface area (Å²) in [6.45, 7) is 3.34. The number of nitrogens with zero attached hydrogens (tertiary/aromatic N) is 2. The van der Waals surface area contributed by atoms with E-state index in [1.165, 1.54) is 9.80 Å². The smallest absolute Gasteiger partial charge is 0.252 e. The number of hydrogen-bond acceptors (Lipinski definition) is 7. The molecule has 218 valence electrons. The molecule has 0 saturated carbocycles. The summed E-state index contributed by atoms with van der Waals surface area (Å²) >= 11 is 3.51. The molecule has 3 amide bonds. The number of halogens is 1. The van der Waals surface area contributed by atoms with Crippen molar-refractivity contribution < 1.29 is 27.5 Å². The van der Waals surface area contributed by atoms with E-state index in [0.717, 1.165) is 27.1 Å². The van der Waals surface area contributed by atoms with E-state index in [0.29, 0.717) is 17.1 Å². The Morgan fingerprint density at radius 2 is 1.78 bits per heavy atom. The van der Waals surface area contributed by atoms with Crippen LogP contribution >= 0.6 is 15.9 Å². The zero-order valence-electron chi connectivity index (χ0n) is 23.5. The Balaban J connectivity index is 1.92. The number of ether oxygens (including phenoxy) is 1. The monoisotopic (exact) mass is 644 g/mol. The zero-order chi connectivity index (χ0) is 30.1. The number of para-hydroxylation sites is 2. The van der Waals surface area contributed by atoms with Crippen molar-refractivity contribution in [2.24, 2.45) is 0 Å². The Morgan fingerprint density at radius 1 is 1.10 bits per heavy atom. The number of rotatable bonds is 8. The Kier molecular flexibility index (Phi) is 9.05. The minimum absolute atomic E-state index is 0.0623. The number of amides is 3. The zero-order valence-corrected chi connectivity index (χ0v) is 25.9. The Labute approximate surface area is 248 Å². The summed E-state index contributed by atoms with van der Waals surface area (Å²) in [5.74, 6) is -1.77. The molecule has 12 heteroatoms. The first-order valence-electron chi connectivity index (χ1n) is 13.0. The highest BCUT2D eigenvalue weighted by Crippen LogP contribution is 2.39. The van der Waals surface area contributed by atoms with Crippen molar-refractivity contribution in [3.63, 3.8) is 0 Å². The predicted octanol–water partition coefficient (Wildman–Crippen LogP) is 3.02. The maximum Gasteiger partial charge on any atom is 0.252 e. The number of carbonyl (C=O) groups excluding carboxylic acids is 3. The first kappa shape index (κ1) is 30.5. The molecule has 0 aromatic heterocycles. The lowest BCUT2D eigenvalue weighted by atomic mass is 10.0. The van der Waals surface area contributed by atoms with Gasteiger partial charge in [0.25, 0.3) is 5.91 Å². The van der Waals surface area contributed by atoms with E-state index in [2.05, 4.69) is 26.6 Å². The molecule has 0 aliphatic carbocycles. The topological polar surface area (TPSA) is 125 Å². The quantitative estimate of drug-likeness (QED) is 0.386. The molecule has 0 radical (unpaired) electrons. The minimum atomic E-state index is -3.69. The first-order valence-corrected chi connectivity index (χ1v) is 15.8. The molecule has 3 aromatic rings. The van der Waals surface area contributed by atoms with Crippen LogP contribution in [0, 0.1) is 0 Å². The molecule has 1 heterocycles. The van der Waals surface area contributed by atoms with Gasteiger partial charge in [0.15, 0.2) is 9.84 Å². The third-order valence-electron chi connectivity index (χ3n) is 7.22. The van der Waals surface area contributed by atoms with Crippen LogP contribution in [0.15, 0.2) is 59.1 Å². The average Bonchev–Trinajstić information content (AvgIpc) is 3.00. The molecule has 1 aliphatic rings. The number of methoxy groups -OCH3 is 1. The van der Waals surface area contributed by atoms with E-state index in [9.17, 15) is 22.8 Å². The molecule has 0 fully saturated rings. The van der Waals surface area contributed by atoms with Gasteiger partial charge >= 0.3 is 0 Å². The van der Waals surface area contributed by atoms with Gasteiger partial charge in [-0.3, -0.25) is 14.4 Å². The Morgan fingerprint density at radius 3 is 2.41 bits per heavy atom. The van der Waals surface area contributed by atoms with E-state index in [1.807, 2.05) is 30.3 Å². The lowest BCUT2D eigenvalue weighted by molar-refractivity contribution is -0.129. The molecule has 3 atom stereocenters. The van der Waals surface area contributed by atoms with Crippen LogP contribution in [0.5, 0.6) is 5.75 Å². The average molecular weight is 646 g/mol. The van der Waals surface area contributed by atoms with Crippen molar-refractivity contribution in [2.45, 2.75) is 38.5 Å². The van der Waals surface area contributed by atoms with Gasteiger partial charge in [0.2, 0.25) is 11.8 Å². The minimum Gasteiger partial charge on any atom is -0.496 e. The van der Waals surface area contributed by atoms with Crippen molar-refractivity contribution in [2.75, 3.05) is 36.0 Å².